The van der Waals surface area contributed by atoms with Gasteiger partial charge in [-0.3, -0.25) is 10.1 Å². The number of anilines is 1. The van der Waals surface area contributed by atoms with Crippen LogP contribution in [0.3, 0.4) is 0 Å². The van der Waals surface area contributed by atoms with Gasteiger partial charge < -0.3 is 9.84 Å². The molecule has 0 atom stereocenters. The average molecular weight is 251 g/mol. The molecule has 2 rings (SSSR count). The van der Waals surface area contributed by atoms with Crippen LogP contribution in [0.2, 0.25) is 0 Å². The Kier molecular flexibility index (Phi) is 3.26. The zero-order valence-corrected chi connectivity index (χ0v) is 10.1. The van der Waals surface area contributed by atoms with E-state index in [1.54, 1.807) is 13.1 Å². The summed E-state index contributed by atoms with van der Waals surface area (Å²) in [6.45, 7) is 2.18. The van der Waals surface area contributed by atoms with Gasteiger partial charge in [-0.1, -0.05) is 12.1 Å². The lowest BCUT2D eigenvalue weighted by molar-refractivity contribution is -0.384. The van der Waals surface area contributed by atoms with E-state index in [-0.39, 0.29) is 5.69 Å². The van der Waals surface area contributed by atoms with Gasteiger partial charge in [-0.05, 0) is 6.42 Å². The minimum absolute atomic E-state index is 0.0171. The number of nitro groups is 1. The minimum Gasteiger partial charge on any atom is -0.364 e. The second-order valence-corrected chi connectivity index (χ2v) is 3.72. The average Bonchev–Trinajstić information content (AvgIpc) is 2.93. The van der Waals surface area contributed by atoms with Crippen molar-refractivity contribution in [2.45, 2.75) is 19.9 Å². The molecule has 1 N–H and O–H groups in total. The Morgan fingerprint density at radius 2 is 2.39 bits per heavy atom. The van der Waals surface area contributed by atoms with E-state index in [2.05, 4.69) is 15.6 Å². The van der Waals surface area contributed by atoms with Gasteiger partial charge >= 0.3 is 5.69 Å². The van der Waals surface area contributed by atoms with Crippen molar-refractivity contribution in [1.82, 2.24) is 14.9 Å². The molecule has 0 fully saturated rings. The molecule has 0 unspecified atom stereocenters. The molecule has 96 valence electrons. The lowest BCUT2D eigenvalue weighted by atomic mass is 10.3. The molecule has 0 aliphatic heterocycles. The summed E-state index contributed by atoms with van der Waals surface area (Å²) >= 11 is 0. The molecule has 2 heterocycles. The van der Waals surface area contributed by atoms with Gasteiger partial charge in [0.2, 0.25) is 5.82 Å². The summed E-state index contributed by atoms with van der Waals surface area (Å²) in [7, 11) is 1.66. The number of nitrogens with one attached hydrogen (secondary N) is 1. The maximum absolute atomic E-state index is 11.1. The van der Waals surface area contributed by atoms with Crippen LogP contribution in [0.1, 0.15) is 18.3 Å². The van der Waals surface area contributed by atoms with Crippen molar-refractivity contribution >= 4 is 11.5 Å². The van der Waals surface area contributed by atoms with E-state index in [9.17, 15) is 10.1 Å². The number of aromatic nitrogens is 3. The number of nitrogens with zero attached hydrogens (tertiary/aromatic N) is 4. The topological polar surface area (TPSA) is 99.0 Å². The molecule has 0 aromatic carbocycles. The Bertz CT molecular complexity index is 546. The third-order valence-electron chi connectivity index (χ3n) is 2.54. The summed E-state index contributed by atoms with van der Waals surface area (Å²) in [6.07, 6.45) is 1.96. The Morgan fingerprint density at radius 3 is 2.94 bits per heavy atom. The maximum Gasteiger partial charge on any atom is 0.333 e. The predicted octanol–water partition coefficient (Wildman–Crippen LogP) is 1.49. The highest BCUT2D eigenvalue weighted by molar-refractivity contribution is 5.59. The van der Waals surface area contributed by atoms with Crippen LogP contribution in [-0.2, 0) is 20.0 Å². The van der Waals surface area contributed by atoms with Crippen LogP contribution in [0.5, 0.6) is 0 Å². The molecule has 0 bridgehead atoms. The highest BCUT2D eigenvalue weighted by Crippen LogP contribution is 2.28. The molecule has 8 nitrogen and oxygen atoms in total. The van der Waals surface area contributed by atoms with Crippen molar-refractivity contribution in [3.63, 3.8) is 0 Å². The third-order valence-corrected chi connectivity index (χ3v) is 2.54. The van der Waals surface area contributed by atoms with Crippen molar-refractivity contribution < 1.29 is 9.45 Å². The highest BCUT2D eigenvalue weighted by atomic mass is 16.6. The van der Waals surface area contributed by atoms with Gasteiger partial charge in [-0.15, -0.1) is 0 Å². The SMILES string of the molecule is CCc1nn(C)c(NCc2ccon2)c1[N+](=O)[O-]. The monoisotopic (exact) mass is 251 g/mol. The first-order valence-electron chi connectivity index (χ1n) is 5.46. The second kappa shape index (κ2) is 4.86. The number of aryl methyl sites for hydroxylation is 2. The molecule has 0 saturated heterocycles. The van der Waals surface area contributed by atoms with E-state index in [1.165, 1.54) is 10.9 Å². The van der Waals surface area contributed by atoms with Crippen molar-refractivity contribution in [2.24, 2.45) is 7.05 Å². The molecule has 2 aromatic heterocycles. The molecule has 8 heteroatoms. The standard InChI is InChI=1S/C10H13N5O3/c1-3-8-9(15(16)17)10(14(2)12-8)11-6-7-4-5-18-13-7/h4-5,11H,3,6H2,1-2H3. The van der Waals surface area contributed by atoms with Gasteiger partial charge in [-0.25, -0.2) is 4.68 Å². The zero-order chi connectivity index (χ0) is 13.1. The molecule has 18 heavy (non-hydrogen) atoms. The van der Waals surface area contributed by atoms with E-state index in [0.29, 0.717) is 30.2 Å². The summed E-state index contributed by atoms with van der Waals surface area (Å²) in [5, 5.41) is 21.9. The fourth-order valence-electron chi connectivity index (χ4n) is 1.70. The van der Waals surface area contributed by atoms with Gasteiger partial charge in [0.15, 0.2) is 0 Å². The Balaban J connectivity index is 2.26. The molecule has 0 saturated carbocycles. The summed E-state index contributed by atoms with van der Waals surface area (Å²) in [6, 6.07) is 1.69. The molecule has 0 aliphatic carbocycles. The Hall–Kier alpha value is -2.38. The van der Waals surface area contributed by atoms with E-state index in [4.69, 9.17) is 4.52 Å². The molecule has 0 aliphatic rings. The molecule has 0 spiro atoms. The molecular weight excluding hydrogens is 238 g/mol. The maximum atomic E-state index is 11.1. The van der Waals surface area contributed by atoms with Crippen LogP contribution >= 0.6 is 0 Å². The summed E-state index contributed by atoms with van der Waals surface area (Å²) in [5.41, 5.74) is 1.15. The van der Waals surface area contributed by atoms with Gasteiger partial charge in [-0.2, -0.15) is 5.10 Å². The summed E-state index contributed by atoms with van der Waals surface area (Å²) < 4.78 is 6.16. The fourth-order valence-corrected chi connectivity index (χ4v) is 1.70. The minimum atomic E-state index is -0.420. The second-order valence-electron chi connectivity index (χ2n) is 3.72. The van der Waals surface area contributed by atoms with Crippen LogP contribution in [0.15, 0.2) is 16.9 Å². The van der Waals surface area contributed by atoms with Gasteiger partial charge in [0, 0.05) is 13.1 Å². The van der Waals surface area contributed by atoms with Crippen LogP contribution in [0, 0.1) is 10.1 Å². The number of hydrogen-bond acceptors (Lipinski definition) is 6. The van der Waals surface area contributed by atoms with Crippen molar-refractivity contribution in [2.75, 3.05) is 5.32 Å². The van der Waals surface area contributed by atoms with Gasteiger partial charge in [0.1, 0.15) is 17.7 Å². The predicted molar refractivity (Wildman–Crippen MR) is 63.1 cm³/mol. The van der Waals surface area contributed by atoms with Crippen LogP contribution in [0.25, 0.3) is 0 Å². The van der Waals surface area contributed by atoms with E-state index in [0.717, 1.165) is 0 Å². The number of hydrogen-bond donors (Lipinski definition) is 1. The lowest BCUT2D eigenvalue weighted by Crippen LogP contribution is -2.06. The third kappa shape index (κ3) is 2.17. The highest BCUT2D eigenvalue weighted by Gasteiger charge is 2.25. The summed E-state index contributed by atoms with van der Waals surface area (Å²) in [5.74, 6) is 0.375. The smallest absolute Gasteiger partial charge is 0.333 e. The Labute approximate surface area is 103 Å². The van der Waals surface area contributed by atoms with Gasteiger partial charge in [0.25, 0.3) is 0 Å². The molecule has 2 aromatic rings. The van der Waals surface area contributed by atoms with Crippen LogP contribution in [-0.4, -0.2) is 19.9 Å². The largest absolute Gasteiger partial charge is 0.364 e. The van der Waals surface area contributed by atoms with E-state index in [1.807, 2.05) is 6.92 Å². The van der Waals surface area contributed by atoms with E-state index >= 15 is 0 Å². The molecule has 0 amide bonds. The molecule has 0 radical (unpaired) electrons. The fraction of sp³-hybridized carbons (Fsp3) is 0.400. The first-order valence-corrected chi connectivity index (χ1v) is 5.46. The van der Waals surface area contributed by atoms with E-state index < -0.39 is 4.92 Å². The van der Waals surface area contributed by atoms with Crippen molar-refractivity contribution in [3.8, 4) is 0 Å². The van der Waals surface area contributed by atoms with Crippen molar-refractivity contribution in [1.29, 1.82) is 0 Å². The van der Waals surface area contributed by atoms with Crippen LogP contribution in [0.4, 0.5) is 11.5 Å². The first kappa shape index (κ1) is 12.1. The van der Waals surface area contributed by atoms with Crippen LogP contribution < -0.4 is 5.32 Å². The normalized spacial score (nSPS) is 10.6. The Morgan fingerprint density at radius 1 is 1.61 bits per heavy atom. The lowest BCUT2D eigenvalue weighted by Gasteiger charge is -2.03. The molecular formula is C10H13N5O3. The zero-order valence-electron chi connectivity index (χ0n) is 10.1. The van der Waals surface area contributed by atoms with Crippen molar-refractivity contribution in [3.05, 3.63) is 33.8 Å². The number of rotatable bonds is 5. The first-order chi connectivity index (χ1) is 8.63. The van der Waals surface area contributed by atoms with Gasteiger partial charge in [0.05, 0.1) is 11.5 Å². The summed E-state index contributed by atoms with van der Waals surface area (Å²) in [4.78, 5) is 10.6. The quantitative estimate of drug-likeness (QED) is 0.638.